The molecule has 6 heteroatoms. The Kier molecular flexibility index (Phi) is 2.81. The Morgan fingerprint density at radius 3 is 2.78 bits per heavy atom. The van der Waals surface area contributed by atoms with E-state index in [1.54, 1.807) is 6.07 Å². The summed E-state index contributed by atoms with van der Waals surface area (Å²) in [6.45, 7) is 1.82. The van der Waals surface area contributed by atoms with Crippen LogP contribution in [0.25, 0.3) is 11.0 Å². The van der Waals surface area contributed by atoms with Crippen LogP contribution >= 0.6 is 0 Å². The van der Waals surface area contributed by atoms with Gasteiger partial charge in [0.25, 0.3) is 0 Å². The highest BCUT2D eigenvalue weighted by Gasteiger charge is 2.19. The minimum Gasteiger partial charge on any atom is -0.455 e. The minimum atomic E-state index is -0.601. The molecule has 0 unspecified atom stereocenters. The number of fused-ring (bicyclic) bond motifs is 1. The van der Waals surface area contributed by atoms with E-state index in [-0.39, 0.29) is 22.2 Å². The molecule has 2 aromatic rings. The maximum atomic E-state index is 11.9. The van der Waals surface area contributed by atoms with Crippen molar-refractivity contribution in [2.24, 2.45) is 0 Å². The number of nitro benzene ring substituents is 1. The SMILES string of the molecule is CCc1cc([N+](=O)[O-])c2occ(C#N)c(=O)c2c1. The van der Waals surface area contributed by atoms with Crippen LogP contribution in [0.3, 0.4) is 0 Å². The Hall–Kier alpha value is -2.68. The predicted octanol–water partition coefficient (Wildman–Crippen LogP) is 2.14. The molecule has 0 fully saturated rings. The number of nitro groups is 1. The van der Waals surface area contributed by atoms with Crippen LogP contribution in [-0.2, 0) is 6.42 Å². The topological polar surface area (TPSA) is 97.1 Å². The zero-order valence-electron chi connectivity index (χ0n) is 9.47. The van der Waals surface area contributed by atoms with Gasteiger partial charge in [0.1, 0.15) is 17.9 Å². The molecular formula is C12H8N2O4. The quantitative estimate of drug-likeness (QED) is 0.595. The van der Waals surface area contributed by atoms with E-state index in [0.717, 1.165) is 6.26 Å². The van der Waals surface area contributed by atoms with Gasteiger partial charge in [-0.3, -0.25) is 14.9 Å². The van der Waals surface area contributed by atoms with Crippen LogP contribution in [0.15, 0.2) is 27.6 Å². The van der Waals surface area contributed by atoms with Crippen LogP contribution in [0, 0.1) is 21.4 Å². The normalized spacial score (nSPS) is 10.2. The van der Waals surface area contributed by atoms with Gasteiger partial charge >= 0.3 is 5.69 Å². The second-order valence-corrected chi connectivity index (χ2v) is 3.69. The minimum absolute atomic E-state index is 0.0695. The lowest BCUT2D eigenvalue weighted by Crippen LogP contribution is -2.07. The Morgan fingerprint density at radius 1 is 1.50 bits per heavy atom. The molecule has 0 amide bonds. The Labute approximate surface area is 101 Å². The molecular weight excluding hydrogens is 236 g/mol. The third-order valence-corrected chi connectivity index (χ3v) is 2.64. The van der Waals surface area contributed by atoms with Gasteiger partial charge in [-0.15, -0.1) is 0 Å². The lowest BCUT2D eigenvalue weighted by molar-refractivity contribution is -0.383. The molecule has 0 bridgehead atoms. The number of non-ortho nitro benzene ring substituents is 1. The molecule has 0 aliphatic rings. The molecule has 0 aliphatic carbocycles. The highest BCUT2D eigenvalue weighted by Crippen LogP contribution is 2.26. The number of hydrogen-bond donors (Lipinski definition) is 0. The fraction of sp³-hybridized carbons (Fsp3) is 0.167. The fourth-order valence-corrected chi connectivity index (χ4v) is 1.70. The number of hydrogen-bond acceptors (Lipinski definition) is 5. The third-order valence-electron chi connectivity index (χ3n) is 2.64. The molecule has 0 saturated carbocycles. The van der Waals surface area contributed by atoms with E-state index in [4.69, 9.17) is 9.68 Å². The molecule has 2 rings (SSSR count). The highest BCUT2D eigenvalue weighted by molar-refractivity contribution is 5.86. The molecule has 0 saturated heterocycles. The monoisotopic (exact) mass is 244 g/mol. The van der Waals surface area contributed by atoms with Crippen molar-refractivity contribution in [2.75, 3.05) is 0 Å². The van der Waals surface area contributed by atoms with Crippen LogP contribution in [-0.4, -0.2) is 4.92 Å². The molecule has 1 heterocycles. The Bertz CT molecular complexity index is 740. The predicted molar refractivity (Wildman–Crippen MR) is 63.2 cm³/mol. The summed E-state index contributed by atoms with van der Waals surface area (Å²) in [5, 5.41) is 19.7. The van der Waals surface area contributed by atoms with Gasteiger partial charge in [-0.25, -0.2) is 0 Å². The molecule has 0 radical (unpaired) electrons. The summed E-state index contributed by atoms with van der Waals surface area (Å²) in [5.41, 5.74) is -0.411. The van der Waals surface area contributed by atoms with Gasteiger partial charge < -0.3 is 4.42 Å². The standard InChI is InChI=1S/C12H8N2O4/c1-2-7-3-9-11(15)8(5-13)6-18-12(9)10(4-7)14(16)17/h3-4,6H,2H2,1H3. The van der Waals surface area contributed by atoms with E-state index >= 15 is 0 Å². The van der Waals surface area contributed by atoms with E-state index in [9.17, 15) is 14.9 Å². The fourth-order valence-electron chi connectivity index (χ4n) is 1.70. The van der Waals surface area contributed by atoms with Crippen molar-refractivity contribution in [3.8, 4) is 6.07 Å². The first-order valence-electron chi connectivity index (χ1n) is 5.21. The summed E-state index contributed by atoms with van der Waals surface area (Å²) in [6, 6.07) is 4.59. The zero-order valence-corrected chi connectivity index (χ0v) is 9.47. The second kappa shape index (κ2) is 4.30. The zero-order chi connectivity index (χ0) is 13.3. The summed E-state index contributed by atoms with van der Waals surface area (Å²) < 4.78 is 5.04. The molecule has 6 nitrogen and oxygen atoms in total. The molecule has 0 atom stereocenters. The summed E-state index contributed by atoms with van der Waals surface area (Å²) in [5.74, 6) is 0. The maximum Gasteiger partial charge on any atom is 0.312 e. The largest absolute Gasteiger partial charge is 0.455 e. The van der Waals surface area contributed by atoms with E-state index in [1.165, 1.54) is 12.1 Å². The smallest absolute Gasteiger partial charge is 0.312 e. The van der Waals surface area contributed by atoms with Crippen molar-refractivity contribution in [1.29, 1.82) is 5.26 Å². The van der Waals surface area contributed by atoms with E-state index in [2.05, 4.69) is 0 Å². The molecule has 90 valence electrons. The molecule has 1 aromatic carbocycles. The molecule has 0 spiro atoms. The van der Waals surface area contributed by atoms with Gasteiger partial charge in [-0.05, 0) is 18.1 Å². The lowest BCUT2D eigenvalue weighted by atomic mass is 10.1. The number of nitriles is 1. The summed E-state index contributed by atoms with van der Waals surface area (Å²) in [7, 11) is 0. The number of aryl methyl sites for hydroxylation is 1. The van der Waals surface area contributed by atoms with Crippen LogP contribution in [0.2, 0.25) is 0 Å². The van der Waals surface area contributed by atoms with Gasteiger partial charge in [-0.1, -0.05) is 6.92 Å². The number of benzene rings is 1. The van der Waals surface area contributed by atoms with Crippen molar-refractivity contribution >= 4 is 16.7 Å². The average molecular weight is 244 g/mol. The average Bonchev–Trinajstić information content (AvgIpc) is 2.38. The first-order valence-corrected chi connectivity index (χ1v) is 5.21. The summed E-state index contributed by atoms with van der Waals surface area (Å²) >= 11 is 0. The molecule has 1 aromatic heterocycles. The van der Waals surface area contributed by atoms with Crippen LogP contribution in [0.4, 0.5) is 5.69 Å². The van der Waals surface area contributed by atoms with Crippen LogP contribution < -0.4 is 5.43 Å². The lowest BCUT2D eigenvalue weighted by Gasteiger charge is -2.02. The molecule has 0 N–H and O–H groups in total. The van der Waals surface area contributed by atoms with Gasteiger partial charge in [-0.2, -0.15) is 5.26 Å². The maximum absolute atomic E-state index is 11.9. The van der Waals surface area contributed by atoms with Crippen molar-refractivity contribution in [1.82, 2.24) is 0 Å². The van der Waals surface area contributed by atoms with Crippen LogP contribution in [0.1, 0.15) is 18.1 Å². The summed E-state index contributed by atoms with van der Waals surface area (Å²) in [6.07, 6.45) is 1.50. The van der Waals surface area contributed by atoms with Gasteiger partial charge in [0.05, 0.1) is 10.3 Å². The molecule has 18 heavy (non-hydrogen) atoms. The van der Waals surface area contributed by atoms with Gasteiger partial charge in [0.2, 0.25) is 11.0 Å². The molecule has 0 aliphatic heterocycles. The first kappa shape index (κ1) is 11.8. The third kappa shape index (κ3) is 1.72. The van der Waals surface area contributed by atoms with Crippen LogP contribution in [0.5, 0.6) is 0 Å². The number of nitrogens with zero attached hydrogens (tertiary/aromatic N) is 2. The van der Waals surface area contributed by atoms with E-state index in [0.29, 0.717) is 12.0 Å². The van der Waals surface area contributed by atoms with Crippen molar-refractivity contribution < 1.29 is 9.34 Å². The Morgan fingerprint density at radius 2 is 2.22 bits per heavy atom. The van der Waals surface area contributed by atoms with E-state index in [1.807, 2.05) is 6.92 Å². The number of rotatable bonds is 2. The second-order valence-electron chi connectivity index (χ2n) is 3.69. The van der Waals surface area contributed by atoms with Gasteiger partial charge in [0, 0.05) is 6.07 Å². The van der Waals surface area contributed by atoms with Gasteiger partial charge in [0.15, 0.2) is 0 Å². The highest BCUT2D eigenvalue weighted by atomic mass is 16.6. The summed E-state index contributed by atoms with van der Waals surface area (Å²) in [4.78, 5) is 22.2. The van der Waals surface area contributed by atoms with Crippen molar-refractivity contribution in [3.05, 3.63) is 49.9 Å². The first-order chi connectivity index (χ1) is 8.58. The van der Waals surface area contributed by atoms with Crippen molar-refractivity contribution in [2.45, 2.75) is 13.3 Å². The van der Waals surface area contributed by atoms with E-state index < -0.39 is 10.4 Å². The van der Waals surface area contributed by atoms with Crippen molar-refractivity contribution in [3.63, 3.8) is 0 Å². The Balaban J connectivity index is 2.97.